The summed E-state index contributed by atoms with van der Waals surface area (Å²) in [6, 6.07) is 7.56. The van der Waals surface area contributed by atoms with Gasteiger partial charge in [-0.15, -0.1) is 0 Å². The lowest BCUT2D eigenvalue weighted by molar-refractivity contribution is 0.117. The third kappa shape index (κ3) is 3.10. The van der Waals surface area contributed by atoms with E-state index in [0.717, 1.165) is 11.7 Å². The van der Waals surface area contributed by atoms with Crippen molar-refractivity contribution in [2.75, 3.05) is 7.05 Å². The van der Waals surface area contributed by atoms with E-state index in [-0.39, 0.29) is 0 Å². The highest BCUT2D eigenvalue weighted by Crippen LogP contribution is 2.50. The fourth-order valence-corrected chi connectivity index (χ4v) is 5.04. The van der Waals surface area contributed by atoms with Crippen LogP contribution in [0.15, 0.2) is 18.2 Å². The Balaban J connectivity index is 0.000000815. The highest BCUT2D eigenvalue weighted by atomic mass is 16.5. The SMILES string of the molecule is CC.CN[C@H]1Cc2ccc(OC3CCC3)cc2[C@]2(C)CCCC[C@H]12. The molecule has 134 valence electrons. The maximum atomic E-state index is 6.18. The summed E-state index contributed by atoms with van der Waals surface area (Å²) < 4.78 is 6.18. The van der Waals surface area contributed by atoms with E-state index in [9.17, 15) is 0 Å². The van der Waals surface area contributed by atoms with Crippen LogP contribution in [0.5, 0.6) is 5.75 Å². The lowest BCUT2D eigenvalue weighted by Gasteiger charge is -2.50. The van der Waals surface area contributed by atoms with Crippen molar-refractivity contribution in [3.8, 4) is 5.75 Å². The lowest BCUT2D eigenvalue weighted by atomic mass is 9.56. The van der Waals surface area contributed by atoms with Crippen LogP contribution in [-0.4, -0.2) is 19.2 Å². The van der Waals surface area contributed by atoms with E-state index in [1.807, 2.05) is 13.8 Å². The molecule has 2 nitrogen and oxygen atoms in total. The monoisotopic (exact) mass is 329 g/mol. The van der Waals surface area contributed by atoms with Gasteiger partial charge in [0, 0.05) is 6.04 Å². The third-order valence-corrected chi connectivity index (χ3v) is 6.63. The summed E-state index contributed by atoms with van der Waals surface area (Å²) in [6.07, 6.45) is 10.9. The summed E-state index contributed by atoms with van der Waals surface area (Å²) in [5.74, 6) is 1.88. The van der Waals surface area contributed by atoms with Crippen molar-refractivity contribution in [3.05, 3.63) is 29.3 Å². The molecule has 0 aromatic heterocycles. The molecule has 0 bridgehead atoms. The number of hydrogen-bond donors (Lipinski definition) is 1. The average molecular weight is 330 g/mol. The van der Waals surface area contributed by atoms with Crippen molar-refractivity contribution in [1.82, 2.24) is 5.32 Å². The number of likely N-dealkylation sites (N-methyl/N-ethyl adjacent to an activating group) is 1. The Bertz CT molecular complexity index is 551. The first-order valence-electron chi connectivity index (χ1n) is 10.2. The van der Waals surface area contributed by atoms with Crippen molar-refractivity contribution in [3.63, 3.8) is 0 Å². The van der Waals surface area contributed by atoms with Crippen LogP contribution in [0, 0.1) is 5.92 Å². The first kappa shape index (κ1) is 17.8. The van der Waals surface area contributed by atoms with E-state index in [4.69, 9.17) is 4.74 Å². The molecule has 0 spiro atoms. The van der Waals surface area contributed by atoms with E-state index in [1.165, 1.54) is 51.4 Å². The Labute approximate surface area is 148 Å². The van der Waals surface area contributed by atoms with E-state index < -0.39 is 0 Å². The molecule has 2 saturated carbocycles. The molecule has 0 heterocycles. The van der Waals surface area contributed by atoms with E-state index in [0.29, 0.717) is 17.6 Å². The van der Waals surface area contributed by atoms with Crippen molar-refractivity contribution in [2.45, 2.75) is 89.7 Å². The molecule has 1 N–H and O–H groups in total. The van der Waals surface area contributed by atoms with Gasteiger partial charge in [0.2, 0.25) is 0 Å². The van der Waals surface area contributed by atoms with Gasteiger partial charge in [-0.25, -0.2) is 0 Å². The summed E-state index contributed by atoms with van der Waals surface area (Å²) in [5.41, 5.74) is 3.46. The molecule has 0 saturated heterocycles. The summed E-state index contributed by atoms with van der Waals surface area (Å²) in [7, 11) is 2.14. The smallest absolute Gasteiger partial charge is 0.120 e. The fourth-order valence-electron chi connectivity index (χ4n) is 5.04. The Hall–Kier alpha value is -1.02. The molecule has 4 rings (SSSR count). The minimum absolute atomic E-state index is 0.332. The highest BCUT2D eigenvalue weighted by molar-refractivity contribution is 5.44. The number of fused-ring (bicyclic) bond motifs is 3. The van der Waals surface area contributed by atoms with Crippen molar-refractivity contribution in [1.29, 1.82) is 0 Å². The van der Waals surface area contributed by atoms with Gasteiger partial charge < -0.3 is 10.1 Å². The van der Waals surface area contributed by atoms with Gasteiger partial charge in [0.25, 0.3) is 0 Å². The van der Waals surface area contributed by atoms with Gasteiger partial charge in [0.1, 0.15) is 5.75 Å². The van der Waals surface area contributed by atoms with Crippen LogP contribution in [0.3, 0.4) is 0 Å². The van der Waals surface area contributed by atoms with Gasteiger partial charge in [0.15, 0.2) is 0 Å². The van der Waals surface area contributed by atoms with Gasteiger partial charge in [0.05, 0.1) is 6.10 Å². The van der Waals surface area contributed by atoms with Gasteiger partial charge in [-0.3, -0.25) is 0 Å². The Morgan fingerprint density at radius 1 is 1.08 bits per heavy atom. The van der Waals surface area contributed by atoms with Crippen LogP contribution in [-0.2, 0) is 11.8 Å². The zero-order valence-electron chi connectivity index (χ0n) is 16.0. The van der Waals surface area contributed by atoms with Crippen LogP contribution in [0.25, 0.3) is 0 Å². The van der Waals surface area contributed by atoms with E-state index in [2.05, 4.69) is 37.5 Å². The molecular weight excluding hydrogens is 294 g/mol. The molecule has 2 fully saturated rings. The van der Waals surface area contributed by atoms with Gasteiger partial charge >= 0.3 is 0 Å². The molecule has 0 aliphatic heterocycles. The van der Waals surface area contributed by atoms with Crippen molar-refractivity contribution in [2.24, 2.45) is 5.92 Å². The lowest BCUT2D eigenvalue weighted by Crippen LogP contribution is -2.51. The Morgan fingerprint density at radius 3 is 2.54 bits per heavy atom. The Morgan fingerprint density at radius 2 is 1.88 bits per heavy atom. The molecule has 2 heteroatoms. The minimum Gasteiger partial charge on any atom is -0.490 e. The molecule has 0 radical (unpaired) electrons. The highest BCUT2D eigenvalue weighted by Gasteiger charge is 2.46. The molecule has 1 aromatic rings. The molecule has 1 aromatic carbocycles. The number of hydrogen-bond acceptors (Lipinski definition) is 2. The number of benzene rings is 1. The minimum atomic E-state index is 0.332. The van der Waals surface area contributed by atoms with Gasteiger partial charge in [-0.1, -0.05) is 39.7 Å². The molecule has 3 aliphatic rings. The predicted molar refractivity (Wildman–Crippen MR) is 102 cm³/mol. The maximum absolute atomic E-state index is 6.18. The second-order valence-corrected chi connectivity index (χ2v) is 7.86. The van der Waals surface area contributed by atoms with Gasteiger partial charge in [-0.05, 0) is 80.2 Å². The predicted octanol–water partition coefficient (Wildman–Crippen LogP) is 5.24. The molecule has 24 heavy (non-hydrogen) atoms. The summed E-state index contributed by atoms with van der Waals surface area (Å²) in [5, 5.41) is 3.60. The average Bonchev–Trinajstić information content (AvgIpc) is 2.59. The van der Waals surface area contributed by atoms with Crippen molar-refractivity contribution < 1.29 is 4.74 Å². The molecule has 3 atom stereocenters. The summed E-state index contributed by atoms with van der Waals surface area (Å²) >= 11 is 0. The van der Waals surface area contributed by atoms with Crippen LogP contribution >= 0.6 is 0 Å². The topological polar surface area (TPSA) is 21.3 Å². The normalized spacial score (nSPS) is 31.8. The van der Waals surface area contributed by atoms with Crippen LogP contribution in [0.4, 0.5) is 0 Å². The van der Waals surface area contributed by atoms with Crippen LogP contribution in [0.2, 0.25) is 0 Å². The van der Waals surface area contributed by atoms with Crippen LogP contribution in [0.1, 0.15) is 76.8 Å². The molecule has 0 unspecified atom stereocenters. The number of rotatable bonds is 3. The van der Waals surface area contributed by atoms with E-state index >= 15 is 0 Å². The number of ether oxygens (including phenoxy) is 1. The molecular formula is C22H35NO. The first-order valence-corrected chi connectivity index (χ1v) is 10.2. The largest absolute Gasteiger partial charge is 0.490 e. The first-order chi connectivity index (χ1) is 11.7. The maximum Gasteiger partial charge on any atom is 0.120 e. The fraction of sp³-hybridized carbons (Fsp3) is 0.727. The zero-order valence-corrected chi connectivity index (χ0v) is 16.0. The second-order valence-electron chi connectivity index (χ2n) is 7.86. The number of nitrogens with one attached hydrogen (secondary N) is 1. The quantitative estimate of drug-likeness (QED) is 0.819. The van der Waals surface area contributed by atoms with E-state index in [1.54, 1.807) is 11.1 Å². The summed E-state index contributed by atoms with van der Waals surface area (Å²) in [6.45, 7) is 6.51. The van der Waals surface area contributed by atoms with Crippen molar-refractivity contribution >= 4 is 0 Å². The van der Waals surface area contributed by atoms with Gasteiger partial charge in [-0.2, -0.15) is 0 Å². The Kier molecular flexibility index (Phi) is 5.54. The standard InChI is InChI=1S/C20H29NO.C2H6/c1-20-11-4-3-8-17(20)19(21-2)12-14-9-10-16(13-18(14)20)22-15-6-5-7-15;1-2/h9-10,13,15,17,19,21H,3-8,11-12H2,1-2H3;1-2H3/t17-,19+,20-;/m1./s1. The zero-order chi connectivity index (χ0) is 17.2. The third-order valence-electron chi connectivity index (χ3n) is 6.63. The summed E-state index contributed by atoms with van der Waals surface area (Å²) in [4.78, 5) is 0. The molecule has 0 amide bonds. The van der Waals surface area contributed by atoms with Crippen LogP contribution < -0.4 is 10.1 Å². The second kappa shape index (κ2) is 7.47. The molecule has 3 aliphatic carbocycles.